The smallest absolute Gasteiger partial charge is 0.335 e. The Morgan fingerprint density at radius 1 is 0.955 bits per heavy atom. The van der Waals surface area contributed by atoms with Gasteiger partial charge >= 0.3 is 5.97 Å². The van der Waals surface area contributed by atoms with Gasteiger partial charge in [-0.15, -0.1) is 0 Å². The van der Waals surface area contributed by atoms with Gasteiger partial charge in [-0.25, -0.2) is 4.79 Å². The zero-order valence-corrected chi connectivity index (χ0v) is 12.5. The molecule has 0 aromatic heterocycles. The van der Waals surface area contributed by atoms with E-state index in [1.807, 2.05) is 18.2 Å². The molecule has 0 unspecified atom stereocenters. The molecule has 1 heterocycles. The number of carboxylic acids is 1. The fraction of sp³-hybridized carbons (Fsp3) is 0.278. The second-order valence-electron chi connectivity index (χ2n) is 5.60. The summed E-state index contributed by atoms with van der Waals surface area (Å²) in [5.74, 6) is -0.871. The molecule has 1 N–H and O–H groups in total. The molecule has 1 fully saturated rings. The van der Waals surface area contributed by atoms with Crippen LogP contribution in [0.4, 0.5) is 5.69 Å². The Hall–Kier alpha value is -2.33. The number of hydrogen-bond donors (Lipinski definition) is 1. The van der Waals surface area contributed by atoms with E-state index in [9.17, 15) is 4.79 Å². The van der Waals surface area contributed by atoms with Crippen molar-refractivity contribution in [3.63, 3.8) is 0 Å². The van der Waals surface area contributed by atoms with Crippen LogP contribution in [0.1, 0.15) is 15.9 Å². The van der Waals surface area contributed by atoms with Gasteiger partial charge in [0.25, 0.3) is 0 Å². The molecule has 0 saturated carbocycles. The minimum atomic E-state index is -0.871. The van der Waals surface area contributed by atoms with Crippen LogP contribution in [-0.2, 0) is 6.54 Å². The van der Waals surface area contributed by atoms with Crippen LogP contribution in [0.3, 0.4) is 0 Å². The van der Waals surface area contributed by atoms with Crippen molar-refractivity contribution in [3.05, 3.63) is 65.7 Å². The zero-order valence-electron chi connectivity index (χ0n) is 12.5. The number of carboxylic acid groups (broad SMARTS) is 1. The fourth-order valence-electron chi connectivity index (χ4n) is 2.84. The van der Waals surface area contributed by atoms with Crippen LogP contribution < -0.4 is 4.90 Å². The van der Waals surface area contributed by atoms with E-state index >= 15 is 0 Å². The molecule has 1 aliphatic heterocycles. The van der Waals surface area contributed by atoms with Crippen LogP contribution in [0.25, 0.3) is 0 Å². The molecular weight excluding hydrogens is 276 g/mol. The summed E-state index contributed by atoms with van der Waals surface area (Å²) in [6, 6.07) is 17.7. The first-order chi connectivity index (χ1) is 10.7. The quantitative estimate of drug-likeness (QED) is 0.942. The molecule has 2 aromatic carbocycles. The van der Waals surface area contributed by atoms with Crippen molar-refractivity contribution in [2.24, 2.45) is 0 Å². The molecule has 0 radical (unpaired) electrons. The van der Waals surface area contributed by atoms with Gasteiger partial charge in [-0.3, -0.25) is 4.90 Å². The van der Waals surface area contributed by atoms with Gasteiger partial charge in [0.05, 0.1) is 5.56 Å². The van der Waals surface area contributed by atoms with E-state index in [0.29, 0.717) is 5.56 Å². The molecule has 0 bridgehead atoms. The number of aromatic carboxylic acids is 1. The van der Waals surface area contributed by atoms with Crippen molar-refractivity contribution >= 4 is 11.7 Å². The summed E-state index contributed by atoms with van der Waals surface area (Å²) in [4.78, 5) is 15.8. The molecule has 4 heteroatoms. The number of benzene rings is 2. The molecule has 0 spiro atoms. The molecule has 114 valence electrons. The van der Waals surface area contributed by atoms with E-state index in [0.717, 1.165) is 38.4 Å². The SMILES string of the molecule is O=C(O)c1cccc(N2CCN(Cc3ccccc3)CC2)c1. The molecule has 1 saturated heterocycles. The standard InChI is InChI=1S/C18H20N2O2/c21-18(22)16-7-4-8-17(13-16)20-11-9-19(10-12-20)14-15-5-2-1-3-6-15/h1-8,13H,9-12,14H2,(H,21,22). The van der Waals surface area contributed by atoms with E-state index in [4.69, 9.17) is 5.11 Å². The van der Waals surface area contributed by atoms with Gasteiger partial charge < -0.3 is 10.0 Å². The predicted octanol–water partition coefficient (Wildman–Crippen LogP) is 2.71. The van der Waals surface area contributed by atoms with Gasteiger partial charge in [-0.2, -0.15) is 0 Å². The average Bonchev–Trinajstić information content (AvgIpc) is 2.56. The Morgan fingerprint density at radius 2 is 1.68 bits per heavy atom. The summed E-state index contributed by atoms with van der Waals surface area (Å²) in [6.07, 6.45) is 0. The first-order valence-corrected chi connectivity index (χ1v) is 7.57. The van der Waals surface area contributed by atoms with Crippen LogP contribution in [-0.4, -0.2) is 42.2 Å². The molecule has 0 amide bonds. The molecule has 22 heavy (non-hydrogen) atoms. The third-order valence-electron chi connectivity index (χ3n) is 4.08. The molecule has 1 aliphatic rings. The number of carbonyl (C=O) groups is 1. The van der Waals surface area contributed by atoms with Crippen molar-refractivity contribution in [1.82, 2.24) is 4.90 Å². The lowest BCUT2D eigenvalue weighted by atomic mass is 10.1. The maximum absolute atomic E-state index is 11.1. The second kappa shape index (κ2) is 6.62. The molecule has 0 aliphatic carbocycles. The summed E-state index contributed by atoms with van der Waals surface area (Å²) in [6.45, 7) is 4.81. The van der Waals surface area contributed by atoms with E-state index < -0.39 is 5.97 Å². The maximum Gasteiger partial charge on any atom is 0.335 e. The Balaban J connectivity index is 1.60. The van der Waals surface area contributed by atoms with Crippen molar-refractivity contribution in [3.8, 4) is 0 Å². The zero-order chi connectivity index (χ0) is 15.4. The molecule has 4 nitrogen and oxygen atoms in total. The highest BCUT2D eigenvalue weighted by molar-refractivity contribution is 5.88. The van der Waals surface area contributed by atoms with E-state index in [1.54, 1.807) is 12.1 Å². The summed E-state index contributed by atoms with van der Waals surface area (Å²) in [5.41, 5.74) is 2.69. The summed E-state index contributed by atoms with van der Waals surface area (Å²) < 4.78 is 0. The maximum atomic E-state index is 11.1. The van der Waals surface area contributed by atoms with Crippen molar-refractivity contribution < 1.29 is 9.90 Å². The van der Waals surface area contributed by atoms with E-state index in [-0.39, 0.29) is 0 Å². The molecule has 2 aromatic rings. The lowest BCUT2D eigenvalue weighted by Gasteiger charge is -2.36. The Morgan fingerprint density at radius 3 is 2.36 bits per heavy atom. The molecule has 3 rings (SSSR count). The van der Waals surface area contributed by atoms with E-state index in [2.05, 4.69) is 34.1 Å². The number of hydrogen-bond acceptors (Lipinski definition) is 3. The average molecular weight is 296 g/mol. The Kier molecular flexibility index (Phi) is 4.39. The third kappa shape index (κ3) is 3.46. The topological polar surface area (TPSA) is 43.8 Å². The van der Waals surface area contributed by atoms with Crippen LogP contribution in [0.5, 0.6) is 0 Å². The lowest BCUT2D eigenvalue weighted by Crippen LogP contribution is -2.46. The molecular formula is C18H20N2O2. The first kappa shape index (κ1) is 14.6. The second-order valence-corrected chi connectivity index (χ2v) is 5.60. The summed E-state index contributed by atoms with van der Waals surface area (Å²) in [7, 11) is 0. The summed E-state index contributed by atoms with van der Waals surface area (Å²) >= 11 is 0. The van der Waals surface area contributed by atoms with Crippen LogP contribution in [0.15, 0.2) is 54.6 Å². The van der Waals surface area contributed by atoms with Gasteiger partial charge in [-0.05, 0) is 23.8 Å². The third-order valence-corrected chi connectivity index (χ3v) is 4.08. The highest BCUT2D eigenvalue weighted by atomic mass is 16.4. The largest absolute Gasteiger partial charge is 0.478 e. The highest BCUT2D eigenvalue weighted by Crippen LogP contribution is 2.19. The number of anilines is 1. The van der Waals surface area contributed by atoms with Crippen molar-refractivity contribution in [2.75, 3.05) is 31.1 Å². The monoisotopic (exact) mass is 296 g/mol. The normalized spacial score (nSPS) is 15.7. The first-order valence-electron chi connectivity index (χ1n) is 7.57. The van der Waals surface area contributed by atoms with E-state index in [1.165, 1.54) is 5.56 Å². The van der Waals surface area contributed by atoms with Crippen LogP contribution in [0, 0.1) is 0 Å². The Bertz CT molecular complexity index is 635. The number of nitrogens with zero attached hydrogens (tertiary/aromatic N) is 2. The van der Waals surface area contributed by atoms with Gasteiger partial charge in [0.1, 0.15) is 0 Å². The minimum Gasteiger partial charge on any atom is -0.478 e. The predicted molar refractivity (Wildman–Crippen MR) is 87.3 cm³/mol. The van der Waals surface area contributed by atoms with Gasteiger partial charge in [0, 0.05) is 38.4 Å². The summed E-state index contributed by atoms with van der Waals surface area (Å²) in [5, 5.41) is 9.09. The number of piperazine rings is 1. The van der Waals surface area contributed by atoms with Crippen LogP contribution in [0.2, 0.25) is 0 Å². The van der Waals surface area contributed by atoms with Crippen LogP contribution >= 0.6 is 0 Å². The fourth-order valence-corrected chi connectivity index (χ4v) is 2.84. The van der Waals surface area contributed by atoms with Gasteiger partial charge in [-0.1, -0.05) is 36.4 Å². The van der Waals surface area contributed by atoms with Crippen molar-refractivity contribution in [1.29, 1.82) is 0 Å². The highest BCUT2D eigenvalue weighted by Gasteiger charge is 2.18. The van der Waals surface area contributed by atoms with Gasteiger partial charge in [0.15, 0.2) is 0 Å². The molecule has 0 atom stereocenters. The number of rotatable bonds is 4. The Labute approximate surface area is 130 Å². The van der Waals surface area contributed by atoms with Crippen molar-refractivity contribution in [2.45, 2.75) is 6.54 Å². The van der Waals surface area contributed by atoms with Gasteiger partial charge in [0.2, 0.25) is 0 Å². The minimum absolute atomic E-state index is 0.351. The lowest BCUT2D eigenvalue weighted by molar-refractivity contribution is 0.0697.